The minimum Gasteiger partial charge on any atom is -0.381 e. The number of pyridine rings is 1. The van der Waals surface area contributed by atoms with Gasteiger partial charge in [0, 0.05) is 51.8 Å². The molecule has 0 saturated carbocycles. The number of guanidine groups is 1. The van der Waals surface area contributed by atoms with Crippen molar-refractivity contribution in [2.75, 3.05) is 33.4 Å². The Morgan fingerprint density at radius 2 is 2.17 bits per heavy atom. The fourth-order valence-corrected chi connectivity index (χ4v) is 3.18. The lowest BCUT2D eigenvalue weighted by atomic mass is 10.1. The zero-order valence-corrected chi connectivity index (χ0v) is 14.0. The molecule has 1 aromatic heterocycles. The summed E-state index contributed by atoms with van der Waals surface area (Å²) in [6.45, 7) is 2.19. The van der Waals surface area contributed by atoms with Gasteiger partial charge in [0.05, 0.1) is 0 Å². The second-order valence-corrected chi connectivity index (χ2v) is 6.88. The van der Waals surface area contributed by atoms with Crippen molar-refractivity contribution in [3.05, 3.63) is 24.5 Å². The van der Waals surface area contributed by atoms with Gasteiger partial charge < -0.3 is 15.4 Å². The molecule has 9 heteroatoms. The van der Waals surface area contributed by atoms with Gasteiger partial charge in [0.25, 0.3) is 0 Å². The molecule has 0 atom stereocenters. The topological polar surface area (TPSA) is 105 Å². The molecule has 1 aliphatic rings. The van der Waals surface area contributed by atoms with Crippen molar-refractivity contribution in [2.24, 2.45) is 4.99 Å². The number of nitrogens with zero attached hydrogens (tertiary/aromatic N) is 2. The molecule has 0 aliphatic carbocycles. The molecule has 23 heavy (non-hydrogen) atoms. The van der Waals surface area contributed by atoms with Gasteiger partial charge in [-0.05, 0) is 25.0 Å². The Morgan fingerprint density at radius 3 is 2.83 bits per heavy atom. The van der Waals surface area contributed by atoms with Crippen molar-refractivity contribution >= 4 is 16.0 Å². The van der Waals surface area contributed by atoms with E-state index in [0.29, 0.717) is 18.5 Å². The van der Waals surface area contributed by atoms with E-state index in [1.165, 1.54) is 18.5 Å². The Bertz CT molecular complexity index is 600. The molecule has 0 radical (unpaired) electrons. The molecule has 1 aliphatic heterocycles. The third-order valence-corrected chi connectivity index (χ3v) is 4.89. The van der Waals surface area contributed by atoms with Crippen LogP contribution in [0.25, 0.3) is 0 Å². The highest BCUT2D eigenvalue weighted by atomic mass is 32.2. The van der Waals surface area contributed by atoms with Gasteiger partial charge >= 0.3 is 0 Å². The lowest BCUT2D eigenvalue weighted by molar-refractivity contribution is 0.0822. The van der Waals surface area contributed by atoms with Crippen LogP contribution in [0, 0.1) is 0 Å². The summed E-state index contributed by atoms with van der Waals surface area (Å²) in [7, 11) is -1.83. The Labute approximate surface area is 136 Å². The number of nitrogens with one attached hydrogen (secondary N) is 3. The summed E-state index contributed by atoms with van der Waals surface area (Å²) in [5.41, 5.74) is 0. The predicted molar refractivity (Wildman–Crippen MR) is 87.8 cm³/mol. The number of rotatable bonds is 6. The standard InChI is InChI=1S/C14H23N5O3S/c1-15-14(19-12-4-9-22-10-5-12)17-7-8-18-23(20,21)13-3-2-6-16-11-13/h2-3,6,11-12,18H,4-5,7-10H2,1H3,(H2,15,17,19). The Hall–Kier alpha value is -1.71. The van der Waals surface area contributed by atoms with E-state index in [1.807, 2.05) is 0 Å². The molecule has 1 aromatic rings. The van der Waals surface area contributed by atoms with Crippen molar-refractivity contribution in [1.82, 2.24) is 20.3 Å². The van der Waals surface area contributed by atoms with Gasteiger partial charge in [0.2, 0.25) is 10.0 Å². The zero-order chi connectivity index (χ0) is 16.5. The van der Waals surface area contributed by atoms with Crippen molar-refractivity contribution in [3.63, 3.8) is 0 Å². The minimum atomic E-state index is -3.52. The van der Waals surface area contributed by atoms with Gasteiger partial charge in [-0.15, -0.1) is 0 Å². The van der Waals surface area contributed by atoms with Crippen LogP contribution in [0.5, 0.6) is 0 Å². The number of aromatic nitrogens is 1. The van der Waals surface area contributed by atoms with Crippen LogP contribution in [0.1, 0.15) is 12.8 Å². The maximum atomic E-state index is 12.0. The third-order valence-electron chi connectivity index (χ3n) is 3.44. The van der Waals surface area contributed by atoms with Gasteiger partial charge in [-0.3, -0.25) is 9.98 Å². The fraction of sp³-hybridized carbons (Fsp3) is 0.571. The van der Waals surface area contributed by atoms with Crippen LogP contribution in [0.15, 0.2) is 34.4 Å². The lowest BCUT2D eigenvalue weighted by Crippen LogP contribution is -2.47. The number of aliphatic imine (C=N–C) groups is 1. The van der Waals surface area contributed by atoms with E-state index in [4.69, 9.17) is 4.74 Å². The number of ether oxygens (including phenoxy) is 1. The summed E-state index contributed by atoms with van der Waals surface area (Å²) in [6.07, 6.45) is 4.73. The Kier molecular flexibility index (Phi) is 6.75. The van der Waals surface area contributed by atoms with Gasteiger partial charge in [-0.1, -0.05) is 0 Å². The van der Waals surface area contributed by atoms with E-state index in [2.05, 4.69) is 25.3 Å². The Morgan fingerprint density at radius 1 is 1.39 bits per heavy atom. The highest BCUT2D eigenvalue weighted by Crippen LogP contribution is 2.06. The molecule has 0 unspecified atom stereocenters. The highest BCUT2D eigenvalue weighted by Gasteiger charge is 2.15. The molecule has 128 valence electrons. The van der Waals surface area contributed by atoms with E-state index < -0.39 is 10.0 Å². The SMILES string of the molecule is CN=C(NCCNS(=O)(=O)c1cccnc1)NC1CCOCC1. The second kappa shape index (κ2) is 8.80. The van der Waals surface area contributed by atoms with Crippen molar-refractivity contribution < 1.29 is 13.2 Å². The molecule has 1 fully saturated rings. The quantitative estimate of drug-likeness (QED) is 0.373. The molecule has 0 amide bonds. The molecular formula is C14H23N5O3S. The van der Waals surface area contributed by atoms with Crippen LogP contribution in [0.3, 0.4) is 0 Å². The maximum Gasteiger partial charge on any atom is 0.242 e. The van der Waals surface area contributed by atoms with Gasteiger partial charge in [0.15, 0.2) is 5.96 Å². The van der Waals surface area contributed by atoms with Crippen molar-refractivity contribution in [2.45, 2.75) is 23.8 Å². The highest BCUT2D eigenvalue weighted by molar-refractivity contribution is 7.89. The molecular weight excluding hydrogens is 318 g/mol. The molecule has 1 saturated heterocycles. The molecule has 0 spiro atoms. The van der Waals surface area contributed by atoms with Crippen LogP contribution in [-0.4, -0.2) is 58.8 Å². The van der Waals surface area contributed by atoms with Crippen LogP contribution in [0.2, 0.25) is 0 Å². The lowest BCUT2D eigenvalue weighted by Gasteiger charge is -2.25. The average Bonchev–Trinajstić information content (AvgIpc) is 2.59. The second-order valence-electron chi connectivity index (χ2n) is 5.12. The van der Waals surface area contributed by atoms with Gasteiger partial charge in [0.1, 0.15) is 4.90 Å². The summed E-state index contributed by atoms with van der Waals surface area (Å²) in [4.78, 5) is 8.11. The normalized spacial score (nSPS) is 17.0. The van der Waals surface area contributed by atoms with Crippen LogP contribution < -0.4 is 15.4 Å². The van der Waals surface area contributed by atoms with E-state index >= 15 is 0 Å². The summed E-state index contributed by atoms with van der Waals surface area (Å²) >= 11 is 0. The molecule has 2 heterocycles. The molecule has 8 nitrogen and oxygen atoms in total. The monoisotopic (exact) mass is 341 g/mol. The first-order chi connectivity index (χ1) is 11.1. The number of hydrogen-bond donors (Lipinski definition) is 3. The first-order valence-electron chi connectivity index (χ1n) is 7.56. The van der Waals surface area contributed by atoms with Crippen LogP contribution >= 0.6 is 0 Å². The van der Waals surface area contributed by atoms with E-state index in [-0.39, 0.29) is 11.4 Å². The fourth-order valence-electron chi connectivity index (χ4n) is 2.19. The minimum absolute atomic E-state index is 0.157. The van der Waals surface area contributed by atoms with E-state index in [1.54, 1.807) is 13.1 Å². The largest absolute Gasteiger partial charge is 0.381 e. The molecule has 2 rings (SSSR count). The smallest absolute Gasteiger partial charge is 0.242 e. The summed E-state index contributed by atoms with van der Waals surface area (Å²) in [5, 5.41) is 6.40. The average molecular weight is 341 g/mol. The summed E-state index contributed by atoms with van der Waals surface area (Å²) in [6, 6.07) is 3.43. The summed E-state index contributed by atoms with van der Waals surface area (Å²) in [5.74, 6) is 0.664. The first-order valence-corrected chi connectivity index (χ1v) is 9.05. The molecule has 0 aromatic carbocycles. The number of hydrogen-bond acceptors (Lipinski definition) is 5. The van der Waals surface area contributed by atoms with Crippen LogP contribution in [-0.2, 0) is 14.8 Å². The molecule has 0 bridgehead atoms. The van der Waals surface area contributed by atoms with E-state index in [9.17, 15) is 8.42 Å². The third kappa shape index (κ3) is 5.77. The number of sulfonamides is 1. The van der Waals surface area contributed by atoms with Crippen molar-refractivity contribution in [3.8, 4) is 0 Å². The Balaban J connectivity index is 1.73. The van der Waals surface area contributed by atoms with Gasteiger partial charge in [-0.2, -0.15) is 0 Å². The maximum absolute atomic E-state index is 12.0. The van der Waals surface area contributed by atoms with E-state index in [0.717, 1.165) is 26.1 Å². The predicted octanol–water partition coefficient (Wildman–Crippen LogP) is -0.296. The zero-order valence-electron chi connectivity index (χ0n) is 13.2. The molecule has 3 N–H and O–H groups in total. The van der Waals surface area contributed by atoms with Gasteiger partial charge in [-0.25, -0.2) is 13.1 Å². The first kappa shape index (κ1) is 17.6. The van der Waals surface area contributed by atoms with Crippen LogP contribution in [0.4, 0.5) is 0 Å². The summed E-state index contributed by atoms with van der Waals surface area (Å²) < 4.78 is 31.9. The van der Waals surface area contributed by atoms with Crippen molar-refractivity contribution in [1.29, 1.82) is 0 Å².